The molecule has 1 aliphatic heterocycles. The Morgan fingerprint density at radius 2 is 2.00 bits per heavy atom. The molecule has 1 aliphatic rings. The molecule has 1 amide bonds. The summed E-state index contributed by atoms with van der Waals surface area (Å²) in [6.45, 7) is 1.12. The molecule has 2 aromatic carbocycles. The molecule has 4 rings (SSSR count). The van der Waals surface area contributed by atoms with Crippen molar-refractivity contribution in [3.05, 3.63) is 81.8 Å². The summed E-state index contributed by atoms with van der Waals surface area (Å²) in [5.74, 6) is 1.15. The minimum atomic E-state index is -0.306. The highest BCUT2D eigenvalue weighted by Gasteiger charge is 2.30. The second-order valence-corrected chi connectivity index (χ2v) is 8.78. The molecule has 1 fully saturated rings. The van der Waals surface area contributed by atoms with Crippen molar-refractivity contribution < 1.29 is 18.7 Å². The number of thiophene rings is 1. The zero-order valence-electron chi connectivity index (χ0n) is 18.2. The monoisotopic (exact) mass is 454 g/mol. The molecule has 0 saturated carbocycles. The van der Waals surface area contributed by atoms with Crippen molar-refractivity contribution in [2.75, 3.05) is 27.3 Å². The third-order valence-corrected chi connectivity index (χ3v) is 6.78. The fourth-order valence-electron chi connectivity index (χ4n) is 4.28. The van der Waals surface area contributed by atoms with Crippen LogP contribution in [0.25, 0.3) is 0 Å². The predicted octanol–water partition coefficient (Wildman–Crippen LogP) is 4.95. The van der Waals surface area contributed by atoms with Crippen molar-refractivity contribution in [3.8, 4) is 11.5 Å². The van der Waals surface area contributed by atoms with Crippen LogP contribution in [-0.2, 0) is 4.79 Å². The number of likely N-dealkylation sites (tertiary alicyclic amines) is 1. The van der Waals surface area contributed by atoms with Crippen LogP contribution in [0.1, 0.15) is 40.9 Å². The first kappa shape index (κ1) is 22.3. The smallest absolute Gasteiger partial charge is 0.234 e. The Kier molecular flexibility index (Phi) is 7.07. The van der Waals surface area contributed by atoms with Gasteiger partial charge in [-0.3, -0.25) is 9.69 Å². The quantitative estimate of drug-likeness (QED) is 0.523. The molecule has 0 aliphatic carbocycles. The maximum atomic E-state index is 13.4. The van der Waals surface area contributed by atoms with E-state index in [4.69, 9.17) is 9.47 Å². The molecule has 2 atom stereocenters. The standard InChI is InChI=1S/C25H27FN2O3S/c1-30-19-11-12-20(22(15-19)31-2)21-5-3-13-28(21)16-24(29)27-25(23-6-4-14-32-23)17-7-9-18(26)10-8-17/h4,6-12,14-15,21,25H,3,5,13,16H2,1-2H3,(H,27,29)/t21-,25-/m0/s1. The van der Waals surface area contributed by atoms with Crippen molar-refractivity contribution in [1.82, 2.24) is 10.2 Å². The van der Waals surface area contributed by atoms with E-state index < -0.39 is 0 Å². The van der Waals surface area contributed by atoms with Gasteiger partial charge in [0.15, 0.2) is 0 Å². The molecule has 0 bridgehead atoms. The van der Waals surface area contributed by atoms with E-state index in [1.807, 2.05) is 35.7 Å². The van der Waals surface area contributed by atoms with Crippen molar-refractivity contribution in [3.63, 3.8) is 0 Å². The molecule has 3 aromatic rings. The predicted molar refractivity (Wildman–Crippen MR) is 124 cm³/mol. The Balaban J connectivity index is 1.50. The topological polar surface area (TPSA) is 50.8 Å². The molecule has 1 aromatic heterocycles. The fourth-order valence-corrected chi connectivity index (χ4v) is 5.08. The van der Waals surface area contributed by atoms with Gasteiger partial charge in [0.05, 0.1) is 26.8 Å². The summed E-state index contributed by atoms with van der Waals surface area (Å²) in [5, 5.41) is 5.13. The lowest BCUT2D eigenvalue weighted by Crippen LogP contribution is -2.39. The minimum absolute atomic E-state index is 0.0629. The van der Waals surface area contributed by atoms with Gasteiger partial charge in [0, 0.05) is 22.5 Å². The van der Waals surface area contributed by atoms with Crippen LogP contribution in [0, 0.1) is 5.82 Å². The minimum Gasteiger partial charge on any atom is -0.497 e. The molecule has 5 nitrogen and oxygen atoms in total. The summed E-state index contributed by atoms with van der Waals surface area (Å²) >= 11 is 1.57. The van der Waals surface area contributed by atoms with E-state index >= 15 is 0 Å². The third-order valence-electron chi connectivity index (χ3n) is 5.85. The van der Waals surface area contributed by atoms with Crippen molar-refractivity contribution in [2.45, 2.75) is 24.9 Å². The molecular formula is C25H27FN2O3S. The van der Waals surface area contributed by atoms with E-state index in [-0.39, 0.29) is 30.4 Å². The first-order chi connectivity index (χ1) is 15.6. The molecule has 168 valence electrons. The summed E-state index contributed by atoms with van der Waals surface area (Å²) in [6.07, 6.45) is 1.97. The first-order valence-corrected chi connectivity index (χ1v) is 11.5. The fraction of sp³-hybridized carbons (Fsp3) is 0.320. The van der Waals surface area contributed by atoms with Gasteiger partial charge >= 0.3 is 0 Å². The van der Waals surface area contributed by atoms with Gasteiger partial charge in [-0.2, -0.15) is 0 Å². The molecule has 0 spiro atoms. The van der Waals surface area contributed by atoms with Crippen LogP contribution in [0.4, 0.5) is 4.39 Å². The van der Waals surface area contributed by atoms with E-state index in [1.165, 1.54) is 12.1 Å². The number of nitrogens with zero attached hydrogens (tertiary/aromatic N) is 1. The van der Waals surface area contributed by atoms with Gasteiger partial charge in [0.2, 0.25) is 5.91 Å². The number of ether oxygens (including phenoxy) is 2. The Bertz CT molecular complexity index is 1040. The summed E-state index contributed by atoms with van der Waals surface area (Å²) in [6, 6.07) is 15.9. The van der Waals surface area contributed by atoms with Gasteiger partial charge in [0.25, 0.3) is 0 Å². The SMILES string of the molecule is COc1ccc([C@@H]2CCCN2CC(=O)N[C@@H](c2ccc(F)cc2)c2cccs2)c(OC)c1. The van der Waals surface area contributed by atoms with E-state index in [0.29, 0.717) is 0 Å². The number of halogens is 1. The van der Waals surface area contributed by atoms with E-state index in [0.717, 1.165) is 46.9 Å². The molecule has 0 unspecified atom stereocenters. The first-order valence-electron chi connectivity index (χ1n) is 10.6. The van der Waals surface area contributed by atoms with E-state index in [1.54, 1.807) is 37.7 Å². The lowest BCUT2D eigenvalue weighted by molar-refractivity contribution is -0.123. The van der Waals surface area contributed by atoms with Crippen LogP contribution in [0.15, 0.2) is 60.0 Å². The highest BCUT2D eigenvalue weighted by Crippen LogP contribution is 2.38. The number of carbonyl (C=O) groups excluding carboxylic acids is 1. The Labute approximate surface area is 191 Å². The average Bonchev–Trinajstić information content (AvgIpc) is 3.50. The number of hydrogen-bond acceptors (Lipinski definition) is 5. The zero-order valence-corrected chi connectivity index (χ0v) is 19.0. The Morgan fingerprint density at radius 1 is 1.19 bits per heavy atom. The number of amides is 1. The lowest BCUT2D eigenvalue weighted by Gasteiger charge is -2.27. The maximum Gasteiger partial charge on any atom is 0.234 e. The number of methoxy groups -OCH3 is 2. The van der Waals surface area contributed by atoms with Gasteiger partial charge in [-0.15, -0.1) is 11.3 Å². The van der Waals surface area contributed by atoms with Crippen LogP contribution >= 0.6 is 11.3 Å². The van der Waals surface area contributed by atoms with Crippen LogP contribution in [-0.4, -0.2) is 38.1 Å². The van der Waals surface area contributed by atoms with Gasteiger partial charge in [-0.05, 0) is 54.6 Å². The number of carbonyl (C=O) groups is 1. The Morgan fingerprint density at radius 3 is 2.69 bits per heavy atom. The highest BCUT2D eigenvalue weighted by atomic mass is 32.1. The lowest BCUT2D eigenvalue weighted by atomic mass is 10.0. The average molecular weight is 455 g/mol. The summed E-state index contributed by atoms with van der Waals surface area (Å²) in [7, 11) is 3.28. The summed E-state index contributed by atoms with van der Waals surface area (Å²) < 4.78 is 24.3. The van der Waals surface area contributed by atoms with Crippen LogP contribution in [0.3, 0.4) is 0 Å². The normalized spacial score (nSPS) is 17.2. The number of rotatable bonds is 8. The Hall–Kier alpha value is -2.90. The van der Waals surface area contributed by atoms with Crippen molar-refractivity contribution in [2.24, 2.45) is 0 Å². The molecule has 1 saturated heterocycles. The molecule has 0 radical (unpaired) electrons. The van der Waals surface area contributed by atoms with Crippen LogP contribution in [0.2, 0.25) is 0 Å². The number of nitrogens with one attached hydrogen (secondary N) is 1. The summed E-state index contributed by atoms with van der Waals surface area (Å²) in [5.41, 5.74) is 1.92. The van der Waals surface area contributed by atoms with E-state index in [2.05, 4.69) is 10.2 Å². The largest absolute Gasteiger partial charge is 0.497 e. The van der Waals surface area contributed by atoms with Gasteiger partial charge in [-0.1, -0.05) is 24.3 Å². The third kappa shape index (κ3) is 4.95. The second-order valence-electron chi connectivity index (χ2n) is 7.80. The van der Waals surface area contributed by atoms with Crippen molar-refractivity contribution >= 4 is 17.2 Å². The molecule has 32 heavy (non-hydrogen) atoms. The van der Waals surface area contributed by atoms with Gasteiger partial charge < -0.3 is 14.8 Å². The van der Waals surface area contributed by atoms with Crippen LogP contribution < -0.4 is 14.8 Å². The molecule has 1 N–H and O–H groups in total. The van der Waals surface area contributed by atoms with Gasteiger partial charge in [0.1, 0.15) is 17.3 Å². The number of hydrogen-bond donors (Lipinski definition) is 1. The molecule has 7 heteroatoms. The van der Waals surface area contributed by atoms with E-state index in [9.17, 15) is 9.18 Å². The van der Waals surface area contributed by atoms with Crippen molar-refractivity contribution in [1.29, 1.82) is 0 Å². The van der Waals surface area contributed by atoms with Gasteiger partial charge in [-0.25, -0.2) is 4.39 Å². The van der Waals surface area contributed by atoms with Crippen LogP contribution in [0.5, 0.6) is 11.5 Å². The zero-order chi connectivity index (χ0) is 22.5. The molecule has 2 heterocycles. The second kappa shape index (κ2) is 10.1. The summed E-state index contributed by atoms with van der Waals surface area (Å²) in [4.78, 5) is 16.3. The molecular weight excluding hydrogens is 427 g/mol. The maximum absolute atomic E-state index is 13.4. The highest BCUT2D eigenvalue weighted by molar-refractivity contribution is 7.10. The number of benzene rings is 2.